The van der Waals surface area contributed by atoms with Gasteiger partial charge >= 0.3 is 6.18 Å². The number of nitrogens with zero attached hydrogens (tertiary/aromatic N) is 3. The van der Waals surface area contributed by atoms with E-state index in [2.05, 4.69) is 0 Å². The van der Waals surface area contributed by atoms with Crippen LogP contribution in [0.2, 0.25) is 10.0 Å². The molecule has 12 heteroatoms. The van der Waals surface area contributed by atoms with Gasteiger partial charge in [0.15, 0.2) is 0 Å². The van der Waals surface area contributed by atoms with E-state index in [1.165, 1.54) is 16.4 Å². The summed E-state index contributed by atoms with van der Waals surface area (Å²) in [5.74, 6) is -0.864. The molecule has 2 aliphatic rings. The van der Waals surface area contributed by atoms with Crippen molar-refractivity contribution in [2.45, 2.75) is 24.8 Å². The van der Waals surface area contributed by atoms with Gasteiger partial charge < -0.3 is 9.80 Å². The Balaban J connectivity index is 1.36. The Bertz CT molecular complexity index is 1220. The normalized spacial score (nSPS) is 20.0. The third-order valence-corrected chi connectivity index (χ3v) is 8.99. The van der Waals surface area contributed by atoms with Crippen molar-refractivity contribution in [3.05, 3.63) is 63.6 Å². The quantitative estimate of drug-likeness (QED) is 0.519. The van der Waals surface area contributed by atoms with E-state index in [0.717, 1.165) is 12.1 Å². The molecule has 0 bridgehead atoms. The SMILES string of the molecule is O=C([C@@H]1CCCN(S(=O)(=O)Cc2ccc(Cl)cc2Cl)C1)N1CCN(c2cccc(C(F)(F)F)c2)CC1. The summed E-state index contributed by atoms with van der Waals surface area (Å²) in [7, 11) is -3.69. The molecule has 2 aromatic carbocycles. The van der Waals surface area contributed by atoms with Crippen LogP contribution in [0.15, 0.2) is 42.5 Å². The van der Waals surface area contributed by atoms with Gasteiger partial charge in [0.2, 0.25) is 15.9 Å². The van der Waals surface area contributed by atoms with E-state index in [0.29, 0.717) is 61.8 Å². The van der Waals surface area contributed by atoms with E-state index < -0.39 is 27.7 Å². The summed E-state index contributed by atoms with van der Waals surface area (Å²) in [4.78, 5) is 16.7. The average Bonchev–Trinajstić information content (AvgIpc) is 2.85. The van der Waals surface area contributed by atoms with Crippen LogP contribution in [0, 0.1) is 5.92 Å². The molecule has 196 valence electrons. The minimum atomic E-state index is -4.42. The number of amides is 1. The van der Waals surface area contributed by atoms with Crippen LogP contribution in [0.4, 0.5) is 18.9 Å². The number of benzene rings is 2. The molecule has 0 radical (unpaired) electrons. The first kappa shape index (κ1) is 27.0. The number of alkyl halides is 3. The number of hydrogen-bond donors (Lipinski definition) is 0. The predicted molar refractivity (Wildman–Crippen MR) is 134 cm³/mol. The van der Waals surface area contributed by atoms with Crippen molar-refractivity contribution in [2.75, 3.05) is 44.2 Å². The second-order valence-electron chi connectivity index (χ2n) is 9.05. The molecule has 0 spiro atoms. The van der Waals surface area contributed by atoms with Gasteiger partial charge in [-0.25, -0.2) is 12.7 Å². The fourth-order valence-corrected chi connectivity index (χ4v) is 6.84. The van der Waals surface area contributed by atoms with Crippen LogP contribution in [-0.2, 0) is 26.7 Å². The first-order valence-electron chi connectivity index (χ1n) is 11.6. The maximum Gasteiger partial charge on any atom is 0.416 e. The second-order valence-corrected chi connectivity index (χ2v) is 11.9. The first-order valence-corrected chi connectivity index (χ1v) is 13.9. The molecule has 2 fully saturated rings. The van der Waals surface area contributed by atoms with Crippen molar-refractivity contribution in [2.24, 2.45) is 5.92 Å². The average molecular weight is 564 g/mol. The van der Waals surface area contributed by atoms with Crippen molar-refractivity contribution < 1.29 is 26.4 Å². The Morgan fingerprint density at radius 3 is 2.39 bits per heavy atom. The topological polar surface area (TPSA) is 60.9 Å². The number of anilines is 1. The van der Waals surface area contributed by atoms with Crippen LogP contribution in [0.5, 0.6) is 0 Å². The van der Waals surface area contributed by atoms with Gasteiger partial charge in [0, 0.05) is 55.0 Å². The lowest BCUT2D eigenvalue weighted by Crippen LogP contribution is -2.53. The summed E-state index contributed by atoms with van der Waals surface area (Å²) in [6.07, 6.45) is -3.27. The summed E-state index contributed by atoms with van der Waals surface area (Å²) in [6.45, 7) is 1.95. The van der Waals surface area contributed by atoms with E-state index >= 15 is 0 Å². The first-order chi connectivity index (χ1) is 16.9. The molecule has 2 heterocycles. The number of piperidine rings is 1. The molecule has 1 amide bonds. The zero-order valence-corrected chi connectivity index (χ0v) is 21.7. The van der Waals surface area contributed by atoms with Gasteiger partial charge in [-0.2, -0.15) is 13.2 Å². The van der Waals surface area contributed by atoms with Crippen LogP contribution in [-0.4, -0.2) is 62.8 Å². The lowest BCUT2D eigenvalue weighted by atomic mass is 9.97. The van der Waals surface area contributed by atoms with Gasteiger partial charge in [-0.1, -0.05) is 35.3 Å². The highest BCUT2D eigenvalue weighted by molar-refractivity contribution is 7.88. The Morgan fingerprint density at radius 1 is 1.00 bits per heavy atom. The number of carbonyl (C=O) groups excluding carboxylic acids is 1. The van der Waals surface area contributed by atoms with E-state index in [1.54, 1.807) is 23.1 Å². The number of hydrogen-bond acceptors (Lipinski definition) is 4. The molecular weight excluding hydrogens is 538 g/mol. The molecule has 0 unspecified atom stereocenters. The Morgan fingerprint density at radius 2 is 1.72 bits per heavy atom. The molecule has 2 saturated heterocycles. The summed E-state index contributed by atoms with van der Waals surface area (Å²) < 4.78 is 66.6. The van der Waals surface area contributed by atoms with E-state index in [1.807, 2.05) is 4.90 Å². The van der Waals surface area contributed by atoms with Gasteiger partial charge in [-0.15, -0.1) is 0 Å². The van der Waals surface area contributed by atoms with Crippen LogP contribution in [0.1, 0.15) is 24.0 Å². The number of halogens is 5. The van der Waals surface area contributed by atoms with Crippen molar-refractivity contribution in [3.8, 4) is 0 Å². The summed E-state index contributed by atoms with van der Waals surface area (Å²) in [6, 6.07) is 9.82. The lowest BCUT2D eigenvalue weighted by Gasteiger charge is -2.39. The predicted octanol–water partition coefficient (Wildman–Crippen LogP) is 4.90. The van der Waals surface area contributed by atoms with Crippen molar-refractivity contribution in [1.82, 2.24) is 9.21 Å². The highest BCUT2D eigenvalue weighted by atomic mass is 35.5. The summed E-state index contributed by atoms with van der Waals surface area (Å²) in [5, 5.41) is 0.687. The lowest BCUT2D eigenvalue weighted by molar-refractivity contribution is -0.137. The molecular formula is C24H26Cl2F3N3O3S. The molecule has 2 aliphatic heterocycles. The standard InChI is InChI=1S/C24H26Cl2F3N3O3S/c25-20-7-6-18(22(26)14-20)16-36(34,35)32-8-2-3-17(15-32)23(33)31-11-9-30(10-12-31)21-5-1-4-19(13-21)24(27,28)29/h1,4-7,13-14,17H,2-3,8-12,15-16H2/t17-/m1/s1. The summed E-state index contributed by atoms with van der Waals surface area (Å²) >= 11 is 12.1. The maximum atomic E-state index is 13.2. The third-order valence-electron chi connectivity index (χ3n) is 6.61. The van der Waals surface area contributed by atoms with Gasteiger partial charge in [0.1, 0.15) is 0 Å². The van der Waals surface area contributed by atoms with E-state index in [4.69, 9.17) is 23.2 Å². The zero-order chi connectivity index (χ0) is 26.1. The molecule has 6 nitrogen and oxygen atoms in total. The number of piperazine rings is 1. The number of carbonyl (C=O) groups is 1. The molecule has 0 saturated carbocycles. The Kier molecular flexibility index (Phi) is 8.09. The van der Waals surface area contributed by atoms with Crippen LogP contribution >= 0.6 is 23.2 Å². The Labute approximate surface area is 218 Å². The van der Waals surface area contributed by atoms with Gasteiger partial charge in [-0.05, 0) is 48.7 Å². The maximum absolute atomic E-state index is 13.2. The highest BCUT2D eigenvalue weighted by Gasteiger charge is 2.36. The van der Waals surface area contributed by atoms with E-state index in [9.17, 15) is 26.4 Å². The summed E-state index contributed by atoms with van der Waals surface area (Å²) in [5.41, 5.74) is 0.204. The molecule has 0 aromatic heterocycles. The molecule has 1 atom stereocenters. The molecule has 36 heavy (non-hydrogen) atoms. The van der Waals surface area contributed by atoms with Crippen molar-refractivity contribution in [3.63, 3.8) is 0 Å². The Hall–Kier alpha value is -2.01. The third kappa shape index (κ3) is 6.27. The number of rotatable bonds is 5. The van der Waals surface area contributed by atoms with Gasteiger partial charge in [0.05, 0.1) is 17.2 Å². The molecule has 4 rings (SSSR count). The molecule has 0 aliphatic carbocycles. The minimum absolute atomic E-state index is 0.0974. The second kappa shape index (κ2) is 10.8. The highest BCUT2D eigenvalue weighted by Crippen LogP contribution is 2.32. The van der Waals surface area contributed by atoms with Crippen LogP contribution in [0.3, 0.4) is 0 Å². The fourth-order valence-electron chi connectivity index (χ4n) is 4.65. The van der Waals surface area contributed by atoms with Crippen molar-refractivity contribution >= 4 is 44.8 Å². The molecule has 2 aromatic rings. The van der Waals surface area contributed by atoms with Gasteiger partial charge in [0.25, 0.3) is 0 Å². The minimum Gasteiger partial charge on any atom is -0.368 e. The van der Waals surface area contributed by atoms with Crippen LogP contribution in [0.25, 0.3) is 0 Å². The van der Waals surface area contributed by atoms with E-state index in [-0.39, 0.29) is 23.2 Å². The fraction of sp³-hybridized carbons (Fsp3) is 0.458. The van der Waals surface area contributed by atoms with Crippen LogP contribution < -0.4 is 4.90 Å². The molecule has 0 N–H and O–H groups in total. The van der Waals surface area contributed by atoms with Gasteiger partial charge in [-0.3, -0.25) is 4.79 Å². The van der Waals surface area contributed by atoms with Crippen molar-refractivity contribution in [1.29, 1.82) is 0 Å². The monoisotopic (exact) mass is 563 g/mol. The number of sulfonamides is 1. The zero-order valence-electron chi connectivity index (χ0n) is 19.3. The smallest absolute Gasteiger partial charge is 0.368 e. The largest absolute Gasteiger partial charge is 0.416 e.